The first-order valence-electron chi connectivity index (χ1n) is 13.8. The number of aromatic nitrogens is 2. The fraction of sp³-hybridized carbons (Fsp3) is 0. The number of benzene rings is 6. The van der Waals surface area contributed by atoms with Crippen molar-refractivity contribution in [3.05, 3.63) is 156 Å². The molecule has 0 saturated carbocycles. The summed E-state index contributed by atoms with van der Waals surface area (Å²) in [6, 6.07) is 45.6. The van der Waals surface area contributed by atoms with E-state index in [0.29, 0.717) is 11.4 Å². The Morgan fingerprint density at radius 1 is 0.429 bits per heavy atom. The fourth-order valence-corrected chi connectivity index (χ4v) is 6.44. The Morgan fingerprint density at radius 3 is 1.74 bits per heavy atom. The van der Waals surface area contributed by atoms with Crippen LogP contribution in [0.15, 0.2) is 133 Å². The van der Waals surface area contributed by atoms with Gasteiger partial charge in [0.1, 0.15) is 0 Å². The monoisotopic (exact) mass is 534 g/mol. The summed E-state index contributed by atoms with van der Waals surface area (Å²) in [7, 11) is 0. The van der Waals surface area contributed by atoms with Gasteiger partial charge in [0.15, 0.2) is 5.69 Å². The first-order chi connectivity index (χ1) is 20.8. The van der Waals surface area contributed by atoms with E-state index in [4.69, 9.17) is 13.1 Å². The minimum Gasteiger partial charge on any atom is -0.319 e. The van der Waals surface area contributed by atoms with Crippen LogP contribution in [-0.4, -0.2) is 9.13 Å². The van der Waals surface area contributed by atoms with Crippen molar-refractivity contribution in [1.82, 2.24) is 9.13 Å². The van der Waals surface area contributed by atoms with E-state index >= 15 is 0 Å². The lowest BCUT2D eigenvalue weighted by atomic mass is 9.97. The summed E-state index contributed by atoms with van der Waals surface area (Å²) in [6.07, 6.45) is 0. The quantitative estimate of drug-likeness (QED) is 0.201. The summed E-state index contributed by atoms with van der Waals surface area (Å²) in [5.41, 5.74) is 9.54. The zero-order valence-electron chi connectivity index (χ0n) is 22.5. The number of hydrogen-bond acceptors (Lipinski definition) is 0. The molecule has 8 aromatic rings. The molecule has 4 nitrogen and oxygen atoms in total. The number of rotatable bonds is 3. The normalized spacial score (nSPS) is 11.3. The summed E-state index contributed by atoms with van der Waals surface area (Å²) in [5.74, 6) is 0. The van der Waals surface area contributed by atoms with Crippen molar-refractivity contribution in [2.24, 2.45) is 0 Å². The molecule has 42 heavy (non-hydrogen) atoms. The van der Waals surface area contributed by atoms with Gasteiger partial charge in [0, 0.05) is 21.7 Å². The van der Waals surface area contributed by atoms with Gasteiger partial charge in [0.2, 0.25) is 5.69 Å². The Morgan fingerprint density at radius 2 is 1.00 bits per heavy atom. The van der Waals surface area contributed by atoms with Crippen LogP contribution in [0.4, 0.5) is 11.4 Å². The van der Waals surface area contributed by atoms with E-state index in [1.54, 1.807) is 0 Å². The molecule has 0 aliphatic carbocycles. The molecule has 0 amide bonds. The van der Waals surface area contributed by atoms with Crippen molar-refractivity contribution in [3.63, 3.8) is 0 Å². The molecule has 194 valence electrons. The lowest BCUT2D eigenvalue weighted by Gasteiger charge is -2.15. The topological polar surface area (TPSA) is 18.6 Å². The first-order valence-corrected chi connectivity index (χ1v) is 13.8. The Labute approximate surface area is 242 Å². The molecule has 2 heterocycles. The van der Waals surface area contributed by atoms with E-state index in [-0.39, 0.29) is 0 Å². The van der Waals surface area contributed by atoms with Crippen molar-refractivity contribution in [1.29, 1.82) is 0 Å². The van der Waals surface area contributed by atoms with E-state index < -0.39 is 0 Å². The molecular formula is C38H22N4. The van der Waals surface area contributed by atoms with E-state index in [9.17, 15) is 0 Å². The molecule has 0 fully saturated rings. The molecule has 8 rings (SSSR count). The van der Waals surface area contributed by atoms with Gasteiger partial charge in [-0.1, -0.05) is 91.0 Å². The Bertz CT molecular complexity index is 2390. The standard InChI is InChI=1S/C38H22N4/c1-39-25-22-23-35-30(24-25)38-29(15-11-21-37(38)42(35)36-20-10-6-16-31(36)40-2)28-14-5-9-19-34(28)41-32-17-7-3-12-26(32)27-13-4-8-18-33(27)41/h3-24H. The fourth-order valence-electron chi connectivity index (χ4n) is 6.44. The molecule has 0 aliphatic heterocycles. The van der Waals surface area contributed by atoms with E-state index in [1.807, 2.05) is 42.5 Å². The van der Waals surface area contributed by atoms with Gasteiger partial charge in [0.25, 0.3) is 0 Å². The Kier molecular flexibility index (Phi) is 5.22. The SMILES string of the molecule is [C-]#[N+]c1ccc2c(c1)c1c(-c3ccccc3-n3c4ccccc4c4ccccc43)cccc1n2-c1ccccc1[N+]#[C-]. The molecule has 0 aliphatic rings. The van der Waals surface area contributed by atoms with Crippen LogP contribution in [0.2, 0.25) is 0 Å². The number of fused-ring (bicyclic) bond motifs is 6. The predicted molar refractivity (Wildman–Crippen MR) is 173 cm³/mol. The average molecular weight is 535 g/mol. The minimum atomic E-state index is 0.585. The van der Waals surface area contributed by atoms with Crippen LogP contribution in [0.3, 0.4) is 0 Å². The van der Waals surface area contributed by atoms with Crippen molar-refractivity contribution < 1.29 is 0 Å². The lowest BCUT2D eigenvalue weighted by Crippen LogP contribution is -1.97. The second-order valence-corrected chi connectivity index (χ2v) is 10.3. The third-order valence-electron chi connectivity index (χ3n) is 8.16. The highest BCUT2D eigenvalue weighted by atomic mass is 15.0. The average Bonchev–Trinajstić information content (AvgIpc) is 3.57. The van der Waals surface area contributed by atoms with Crippen LogP contribution in [0.1, 0.15) is 0 Å². The van der Waals surface area contributed by atoms with Crippen LogP contribution in [0.25, 0.3) is 75.8 Å². The maximum atomic E-state index is 7.85. The highest BCUT2D eigenvalue weighted by Gasteiger charge is 2.21. The van der Waals surface area contributed by atoms with Crippen molar-refractivity contribution in [3.8, 4) is 22.5 Å². The summed E-state index contributed by atoms with van der Waals surface area (Å²) >= 11 is 0. The zero-order chi connectivity index (χ0) is 28.2. The van der Waals surface area contributed by atoms with Crippen LogP contribution >= 0.6 is 0 Å². The van der Waals surface area contributed by atoms with Gasteiger partial charge in [-0.05, 0) is 53.4 Å². The van der Waals surface area contributed by atoms with Gasteiger partial charge in [-0.25, -0.2) is 9.69 Å². The molecule has 0 spiro atoms. The highest BCUT2D eigenvalue weighted by Crippen LogP contribution is 2.44. The minimum absolute atomic E-state index is 0.585. The molecule has 0 bridgehead atoms. The number of para-hydroxylation sites is 5. The Hall–Kier alpha value is -6.10. The van der Waals surface area contributed by atoms with E-state index in [1.165, 1.54) is 10.8 Å². The summed E-state index contributed by atoms with van der Waals surface area (Å²) in [5, 5.41) is 4.49. The van der Waals surface area contributed by atoms with Gasteiger partial charge in [-0.2, -0.15) is 0 Å². The van der Waals surface area contributed by atoms with Crippen molar-refractivity contribution in [2.75, 3.05) is 0 Å². The summed E-state index contributed by atoms with van der Waals surface area (Å²) in [4.78, 5) is 7.60. The van der Waals surface area contributed by atoms with Crippen LogP contribution < -0.4 is 0 Å². The number of hydrogen-bond donors (Lipinski definition) is 0. The van der Waals surface area contributed by atoms with E-state index in [2.05, 4.69) is 110 Å². The van der Waals surface area contributed by atoms with Crippen LogP contribution in [0.5, 0.6) is 0 Å². The maximum absolute atomic E-state index is 7.85. The van der Waals surface area contributed by atoms with Crippen molar-refractivity contribution >= 4 is 55.0 Å². The molecule has 6 aromatic carbocycles. The predicted octanol–water partition coefficient (Wildman–Crippen LogP) is 10.6. The van der Waals surface area contributed by atoms with E-state index in [0.717, 1.165) is 55.3 Å². The smallest absolute Gasteiger partial charge is 0.210 e. The van der Waals surface area contributed by atoms with Gasteiger partial charge in [0.05, 0.1) is 46.6 Å². The van der Waals surface area contributed by atoms with Crippen LogP contribution in [-0.2, 0) is 0 Å². The van der Waals surface area contributed by atoms with Gasteiger partial charge in [-0.15, -0.1) is 0 Å². The first kappa shape index (κ1) is 23.8. The highest BCUT2D eigenvalue weighted by molar-refractivity contribution is 6.18. The molecule has 0 atom stereocenters. The Balaban J connectivity index is 1.51. The molecule has 0 unspecified atom stereocenters. The third-order valence-corrected chi connectivity index (χ3v) is 8.16. The van der Waals surface area contributed by atoms with Crippen LogP contribution in [0, 0.1) is 13.1 Å². The maximum Gasteiger partial charge on any atom is 0.210 e. The zero-order valence-corrected chi connectivity index (χ0v) is 22.5. The van der Waals surface area contributed by atoms with Gasteiger partial charge >= 0.3 is 0 Å². The summed E-state index contributed by atoms with van der Waals surface area (Å²) in [6.45, 7) is 15.6. The number of nitrogens with zero attached hydrogens (tertiary/aromatic N) is 4. The lowest BCUT2D eigenvalue weighted by molar-refractivity contribution is 1.18. The molecule has 0 radical (unpaired) electrons. The molecule has 2 aromatic heterocycles. The second-order valence-electron chi connectivity index (χ2n) is 10.3. The molecule has 0 N–H and O–H groups in total. The van der Waals surface area contributed by atoms with Gasteiger partial charge in [-0.3, -0.25) is 0 Å². The summed E-state index contributed by atoms with van der Waals surface area (Å²) < 4.78 is 4.52. The molecule has 0 saturated heterocycles. The molecule has 4 heteroatoms. The largest absolute Gasteiger partial charge is 0.319 e. The van der Waals surface area contributed by atoms with Crippen molar-refractivity contribution in [2.45, 2.75) is 0 Å². The molecular weight excluding hydrogens is 512 g/mol. The second kappa shape index (κ2) is 9.24. The van der Waals surface area contributed by atoms with Gasteiger partial charge < -0.3 is 9.13 Å². The third kappa shape index (κ3) is 3.33.